The van der Waals surface area contributed by atoms with Crippen LogP contribution in [0.2, 0.25) is 0 Å². The van der Waals surface area contributed by atoms with Gasteiger partial charge in [0.1, 0.15) is 11.6 Å². The Morgan fingerprint density at radius 3 is 2.31 bits per heavy atom. The lowest BCUT2D eigenvalue weighted by atomic mass is 10.1. The van der Waals surface area contributed by atoms with Crippen molar-refractivity contribution in [3.63, 3.8) is 0 Å². The van der Waals surface area contributed by atoms with E-state index in [-0.39, 0.29) is 11.6 Å². The molecule has 3 nitrogen and oxygen atoms in total. The highest BCUT2D eigenvalue weighted by Crippen LogP contribution is 2.35. The predicted molar refractivity (Wildman–Crippen MR) is 98.9 cm³/mol. The Bertz CT molecular complexity index is 912. The Balaban J connectivity index is 1.91. The van der Waals surface area contributed by atoms with Gasteiger partial charge in [0.15, 0.2) is 0 Å². The summed E-state index contributed by atoms with van der Waals surface area (Å²) in [6, 6.07) is 15.0. The average Bonchev–Trinajstić information content (AvgIpc) is 3.01. The third-order valence-corrected chi connectivity index (χ3v) is 4.81. The number of hydrogen-bond donors (Lipinski definition) is 0. The highest BCUT2D eigenvalue weighted by atomic mass is 19.1. The van der Waals surface area contributed by atoms with Gasteiger partial charge in [0, 0.05) is 30.0 Å². The zero-order chi connectivity index (χ0) is 18.1. The normalized spacial score (nSPS) is 14.7. The van der Waals surface area contributed by atoms with Gasteiger partial charge < -0.3 is 14.2 Å². The van der Waals surface area contributed by atoms with Crippen molar-refractivity contribution in [3.8, 4) is 16.9 Å². The van der Waals surface area contributed by atoms with Crippen molar-refractivity contribution < 1.29 is 13.5 Å². The van der Waals surface area contributed by atoms with Crippen molar-refractivity contribution in [1.29, 1.82) is 0 Å². The zero-order valence-electron chi connectivity index (χ0n) is 14.6. The molecule has 1 aromatic heterocycles. The molecule has 0 N–H and O–H groups in total. The highest BCUT2D eigenvalue weighted by Gasteiger charge is 2.22. The van der Waals surface area contributed by atoms with E-state index in [1.54, 1.807) is 24.3 Å². The van der Waals surface area contributed by atoms with E-state index in [1.807, 2.05) is 23.6 Å². The quantitative estimate of drug-likeness (QED) is 0.686. The minimum absolute atomic E-state index is 0.276. The molecule has 4 rings (SSSR count). The van der Waals surface area contributed by atoms with Crippen molar-refractivity contribution in [2.45, 2.75) is 6.92 Å². The van der Waals surface area contributed by atoms with E-state index < -0.39 is 0 Å². The van der Waals surface area contributed by atoms with E-state index in [1.165, 1.54) is 18.2 Å². The van der Waals surface area contributed by atoms with Crippen molar-refractivity contribution >= 4 is 5.69 Å². The maximum Gasteiger partial charge on any atom is 0.132 e. The first-order chi connectivity index (χ1) is 12.6. The Morgan fingerprint density at radius 1 is 0.923 bits per heavy atom. The summed E-state index contributed by atoms with van der Waals surface area (Å²) in [5.41, 5.74) is 4.14. The van der Waals surface area contributed by atoms with E-state index in [0.717, 1.165) is 35.9 Å². The minimum Gasteiger partial charge on any atom is -0.378 e. The van der Waals surface area contributed by atoms with Gasteiger partial charge in [-0.1, -0.05) is 12.1 Å². The molecule has 1 aliphatic rings. The van der Waals surface area contributed by atoms with E-state index in [9.17, 15) is 8.78 Å². The molecule has 26 heavy (non-hydrogen) atoms. The van der Waals surface area contributed by atoms with Gasteiger partial charge >= 0.3 is 0 Å². The van der Waals surface area contributed by atoms with Crippen LogP contribution in [0.1, 0.15) is 5.69 Å². The standard InChI is InChI=1S/C21H20F2N2O/c1-15-20(24-10-12-26-13-11-24)14-21(18-4-2-3-5-19(18)23)25(15)17-8-6-16(22)7-9-17/h2-9,14H,10-13H2,1H3. The smallest absolute Gasteiger partial charge is 0.132 e. The summed E-state index contributed by atoms with van der Waals surface area (Å²) in [7, 11) is 0. The lowest BCUT2D eigenvalue weighted by Gasteiger charge is -2.28. The Hall–Kier alpha value is -2.66. The topological polar surface area (TPSA) is 17.4 Å². The van der Waals surface area contributed by atoms with E-state index in [4.69, 9.17) is 4.74 Å². The monoisotopic (exact) mass is 354 g/mol. The maximum absolute atomic E-state index is 14.5. The fourth-order valence-corrected chi connectivity index (χ4v) is 3.51. The van der Waals surface area contributed by atoms with Crippen LogP contribution in [0.5, 0.6) is 0 Å². The molecule has 5 heteroatoms. The highest BCUT2D eigenvalue weighted by molar-refractivity contribution is 5.72. The summed E-state index contributed by atoms with van der Waals surface area (Å²) < 4.78 is 35.3. The van der Waals surface area contributed by atoms with E-state index in [0.29, 0.717) is 18.8 Å². The number of aromatic nitrogens is 1. The molecule has 1 aliphatic heterocycles. The molecule has 134 valence electrons. The van der Waals surface area contributed by atoms with Gasteiger partial charge in [-0.2, -0.15) is 0 Å². The summed E-state index contributed by atoms with van der Waals surface area (Å²) in [5, 5.41) is 0. The molecule has 0 radical (unpaired) electrons. The number of hydrogen-bond acceptors (Lipinski definition) is 2. The summed E-state index contributed by atoms with van der Waals surface area (Å²) in [4.78, 5) is 2.25. The third-order valence-electron chi connectivity index (χ3n) is 4.81. The van der Waals surface area contributed by atoms with Gasteiger partial charge in [-0.3, -0.25) is 0 Å². The van der Waals surface area contributed by atoms with Gasteiger partial charge in [-0.25, -0.2) is 8.78 Å². The van der Waals surface area contributed by atoms with Crippen LogP contribution in [0.3, 0.4) is 0 Å². The zero-order valence-corrected chi connectivity index (χ0v) is 14.6. The molecule has 0 unspecified atom stereocenters. The minimum atomic E-state index is -0.292. The molecule has 0 bridgehead atoms. The molecule has 0 amide bonds. The predicted octanol–water partition coefficient (Wildman–Crippen LogP) is 4.57. The van der Waals surface area contributed by atoms with Crippen molar-refractivity contribution in [3.05, 3.63) is 71.9 Å². The summed E-state index contributed by atoms with van der Waals surface area (Å²) in [5.74, 6) is -0.568. The molecule has 3 aromatic rings. The molecule has 0 atom stereocenters. The fraction of sp³-hybridized carbons (Fsp3) is 0.238. The molecular formula is C21H20F2N2O. The molecule has 2 aromatic carbocycles. The van der Waals surface area contributed by atoms with Crippen LogP contribution >= 0.6 is 0 Å². The van der Waals surface area contributed by atoms with Crippen LogP contribution < -0.4 is 4.90 Å². The molecular weight excluding hydrogens is 334 g/mol. The van der Waals surface area contributed by atoms with Gasteiger partial charge in [0.2, 0.25) is 0 Å². The number of halogens is 2. The Morgan fingerprint density at radius 2 is 1.62 bits per heavy atom. The first-order valence-corrected chi connectivity index (χ1v) is 8.71. The van der Waals surface area contributed by atoms with Gasteiger partial charge in [-0.15, -0.1) is 0 Å². The third kappa shape index (κ3) is 2.99. The van der Waals surface area contributed by atoms with E-state index >= 15 is 0 Å². The number of benzene rings is 2. The van der Waals surface area contributed by atoms with Crippen LogP contribution in [-0.4, -0.2) is 30.9 Å². The van der Waals surface area contributed by atoms with Gasteiger partial charge in [0.05, 0.1) is 24.6 Å². The fourth-order valence-electron chi connectivity index (χ4n) is 3.51. The van der Waals surface area contributed by atoms with Crippen molar-refractivity contribution in [1.82, 2.24) is 4.57 Å². The number of ether oxygens (including phenoxy) is 1. The second kappa shape index (κ2) is 6.92. The lowest BCUT2D eigenvalue weighted by Crippen LogP contribution is -2.36. The van der Waals surface area contributed by atoms with Crippen LogP contribution in [0.4, 0.5) is 14.5 Å². The lowest BCUT2D eigenvalue weighted by molar-refractivity contribution is 0.122. The summed E-state index contributed by atoms with van der Waals surface area (Å²) in [6.45, 7) is 4.96. The Labute approximate surface area is 151 Å². The number of anilines is 1. The van der Waals surface area contributed by atoms with Gasteiger partial charge in [-0.05, 0) is 49.4 Å². The molecule has 2 heterocycles. The first kappa shape index (κ1) is 16.8. The second-order valence-electron chi connectivity index (χ2n) is 6.39. The summed E-state index contributed by atoms with van der Waals surface area (Å²) in [6.07, 6.45) is 0. The SMILES string of the molecule is Cc1c(N2CCOCC2)cc(-c2ccccc2F)n1-c1ccc(F)cc1. The van der Waals surface area contributed by atoms with Crippen LogP contribution in [0.15, 0.2) is 54.6 Å². The summed E-state index contributed by atoms with van der Waals surface area (Å²) >= 11 is 0. The van der Waals surface area contributed by atoms with Crippen molar-refractivity contribution in [2.24, 2.45) is 0 Å². The second-order valence-corrected chi connectivity index (χ2v) is 6.39. The number of nitrogens with zero attached hydrogens (tertiary/aromatic N) is 2. The van der Waals surface area contributed by atoms with Gasteiger partial charge in [0.25, 0.3) is 0 Å². The molecule has 0 aliphatic carbocycles. The van der Waals surface area contributed by atoms with Crippen LogP contribution in [0.25, 0.3) is 16.9 Å². The van der Waals surface area contributed by atoms with Crippen LogP contribution in [0, 0.1) is 18.6 Å². The first-order valence-electron chi connectivity index (χ1n) is 8.71. The van der Waals surface area contributed by atoms with Crippen molar-refractivity contribution in [2.75, 3.05) is 31.2 Å². The number of rotatable bonds is 3. The molecule has 1 saturated heterocycles. The molecule has 1 fully saturated rings. The maximum atomic E-state index is 14.5. The molecule has 0 spiro atoms. The largest absolute Gasteiger partial charge is 0.378 e. The Kier molecular flexibility index (Phi) is 4.47. The molecule has 0 saturated carbocycles. The van der Waals surface area contributed by atoms with Crippen LogP contribution in [-0.2, 0) is 4.74 Å². The van der Waals surface area contributed by atoms with E-state index in [2.05, 4.69) is 4.90 Å². The average molecular weight is 354 g/mol. The number of morpholine rings is 1.